The van der Waals surface area contributed by atoms with E-state index in [9.17, 15) is 14.4 Å². The fraction of sp³-hybridized carbons (Fsp3) is 0.382. The van der Waals surface area contributed by atoms with Crippen LogP contribution in [0.3, 0.4) is 0 Å². The Hall–Kier alpha value is -4.37. The van der Waals surface area contributed by atoms with Crippen molar-refractivity contribution in [1.29, 1.82) is 0 Å². The Balaban J connectivity index is 1.18. The number of nitrogens with one attached hydrogen (secondary N) is 1. The van der Waals surface area contributed by atoms with Crippen molar-refractivity contribution >= 4 is 24.1 Å². The summed E-state index contributed by atoms with van der Waals surface area (Å²) in [4.78, 5) is 41.9. The zero-order valence-corrected chi connectivity index (χ0v) is 25.0. The molecule has 1 fully saturated rings. The highest BCUT2D eigenvalue weighted by Gasteiger charge is 2.34. The van der Waals surface area contributed by atoms with Crippen molar-refractivity contribution in [2.75, 3.05) is 32.1 Å². The second kappa shape index (κ2) is 13.7. The summed E-state index contributed by atoms with van der Waals surface area (Å²) in [5.41, 5.74) is 5.47. The van der Waals surface area contributed by atoms with Gasteiger partial charge in [-0.3, -0.25) is 0 Å². The molecule has 0 bridgehead atoms. The van der Waals surface area contributed by atoms with Crippen molar-refractivity contribution in [3.05, 3.63) is 94.5 Å². The number of aldehydes is 1. The molecule has 226 valence electrons. The first kappa shape index (κ1) is 30.1. The van der Waals surface area contributed by atoms with Gasteiger partial charge in [-0.25, -0.2) is 9.59 Å². The van der Waals surface area contributed by atoms with Gasteiger partial charge in [-0.05, 0) is 67.0 Å². The molecule has 0 aromatic heterocycles. The fourth-order valence-electron chi connectivity index (χ4n) is 5.97. The normalized spacial score (nSPS) is 16.9. The number of carbonyl (C=O) groups excluding carboxylic acids is 3. The van der Waals surface area contributed by atoms with Crippen LogP contribution in [0.15, 0.2) is 66.7 Å². The van der Waals surface area contributed by atoms with Gasteiger partial charge in [0.25, 0.3) is 0 Å². The molecule has 2 aliphatic rings. The first-order valence-electron chi connectivity index (χ1n) is 14.7. The molecule has 0 radical (unpaired) electrons. The summed E-state index contributed by atoms with van der Waals surface area (Å²) >= 11 is 0. The summed E-state index contributed by atoms with van der Waals surface area (Å²) in [5, 5.41) is 3.02. The molecule has 0 spiro atoms. The van der Waals surface area contributed by atoms with Crippen LogP contribution < -0.4 is 10.1 Å². The highest BCUT2D eigenvalue weighted by atomic mass is 16.7. The van der Waals surface area contributed by atoms with Crippen LogP contribution in [-0.2, 0) is 27.3 Å². The summed E-state index contributed by atoms with van der Waals surface area (Å²) in [6.07, 6.45) is 1.17. The number of rotatable bonds is 9. The topological polar surface area (TPSA) is 97.4 Å². The molecular formula is C34H39N3O6. The van der Waals surface area contributed by atoms with Crippen molar-refractivity contribution in [1.82, 2.24) is 9.80 Å². The Morgan fingerprint density at radius 2 is 1.67 bits per heavy atom. The SMILES string of the molecule is COC(OC(=O)N1CCC(N2CCc3ccccc3NC2=O)CC1)[C@H](C=O)c1cc(C)c(OCc2ccccc2)c(C)c1. The van der Waals surface area contributed by atoms with E-state index in [0.29, 0.717) is 44.6 Å². The molecule has 1 unspecified atom stereocenters. The molecule has 43 heavy (non-hydrogen) atoms. The predicted molar refractivity (Wildman–Crippen MR) is 163 cm³/mol. The van der Waals surface area contributed by atoms with Crippen molar-refractivity contribution in [2.24, 2.45) is 0 Å². The molecule has 3 amide bonds. The monoisotopic (exact) mass is 585 g/mol. The van der Waals surface area contributed by atoms with Gasteiger partial charge < -0.3 is 34.1 Å². The van der Waals surface area contributed by atoms with E-state index in [1.165, 1.54) is 7.11 Å². The number of hydrogen-bond donors (Lipinski definition) is 1. The number of piperidine rings is 1. The van der Waals surface area contributed by atoms with Gasteiger partial charge >= 0.3 is 12.1 Å². The number of fused-ring (bicyclic) bond motifs is 1. The van der Waals surface area contributed by atoms with E-state index < -0.39 is 18.3 Å². The second-order valence-corrected chi connectivity index (χ2v) is 11.2. The van der Waals surface area contributed by atoms with Crippen LogP contribution in [0.5, 0.6) is 5.75 Å². The zero-order chi connectivity index (χ0) is 30.3. The van der Waals surface area contributed by atoms with Gasteiger partial charge in [0.1, 0.15) is 24.6 Å². The van der Waals surface area contributed by atoms with Crippen LogP contribution in [0.25, 0.3) is 0 Å². The number of amides is 3. The van der Waals surface area contributed by atoms with E-state index in [0.717, 1.165) is 46.4 Å². The molecule has 2 aliphatic heterocycles. The molecule has 3 aromatic rings. The van der Waals surface area contributed by atoms with Gasteiger partial charge in [0, 0.05) is 38.5 Å². The maximum Gasteiger partial charge on any atom is 0.412 e. The Morgan fingerprint density at radius 3 is 2.35 bits per heavy atom. The van der Waals surface area contributed by atoms with E-state index in [2.05, 4.69) is 5.32 Å². The van der Waals surface area contributed by atoms with Gasteiger partial charge in [-0.15, -0.1) is 0 Å². The number of urea groups is 1. The van der Waals surface area contributed by atoms with Crippen LogP contribution in [0.4, 0.5) is 15.3 Å². The van der Waals surface area contributed by atoms with Crippen molar-refractivity contribution in [2.45, 2.75) is 58.0 Å². The molecule has 2 heterocycles. The van der Waals surface area contributed by atoms with Crippen molar-refractivity contribution < 1.29 is 28.6 Å². The summed E-state index contributed by atoms with van der Waals surface area (Å²) in [7, 11) is 1.42. The third-order valence-corrected chi connectivity index (χ3v) is 8.29. The Kier molecular flexibility index (Phi) is 9.61. The number of likely N-dealkylation sites (tertiary alicyclic amines) is 1. The minimum atomic E-state index is -1.09. The highest BCUT2D eigenvalue weighted by Crippen LogP contribution is 2.31. The first-order chi connectivity index (χ1) is 20.9. The number of ether oxygens (including phenoxy) is 3. The predicted octanol–water partition coefficient (Wildman–Crippen LogP) is 5.83. The van der Waals surface area contributed by atoms with Crippen molar-refractivity contribution in [3.63, 3.8) is 0 Å². The maximum absolute atomic E-state index is 13.2. The van der Waals surface area contributed by atoms with Crippen LogP contribution in [0, 0.1) is 13.8 Å². The average Bonchev–Trinajstić information content (AvgIpc) is 3.19. The van der Waals surface area contributed by atoms with Gasteiger partial charge in [-0.1, -0.05) is 60.7 Å². The minimum Gasteiger partial charge on any atom is -0.488 e. The fourth-order valence-corrected chi connectivity index (χ4v) is 5.97. The maximum atomic E-state index is 13.2. The standard InChI is InChI=1S/C34H39N3O6/c1-23-19-27(20-24(2)31(23)42-22-25-9-5-4-6-10-25)29(21-38)32(41-3)43-34(40)36-16-14-28(15-17-36)37-18-13-26-11-7-8-12-30(26)35-33(37)39/h4-12,19-21,28-29,32H,13-18,22H2,1-3H3,(H,35,39)/t29-,32?/m1/s1. The lowest BCUT2D eigenvalue weighted by Gasteiger charge is -2.38. The number of para-hydroxylation sites is 1. The Labute approximate surface area is 252 Å². The van der Waals surface area contributed by atoms with Gasteiger partial charge in [0.05, 0.1) is 0 Å². The number of carbonyl (C=O) groups is 3. The summed E-state index contributed by atoms with van der Waals surface area (Å²) in [5.74, 6) is -0.0532. The Morgan fingerprint density at radius 1 is 1.00 bits per heavy atom. The van der Waals surface area contributed by atoms with E-state index in [4.69, 9.17) is 14.2 Å². The minimum absolute atomic E-state index is 0.0212. The van der Waals surface area contributed by atoms with Gasteiger partial charge in [-0.2, -0.15) is 0 Å². The number of aryl methyl sites for hydroxylation is 2. The van der Waals surface area contributed by atoms with E-state index in [1.807, 2.05) is 85.5 Å². The van der Waals surface area contributed by atoms with E-state index in [1.54, 1.807) is 4.90 Å². The lowest BCUT2D eigenvalue weighted by Crippen LogP contribution is -2.50. The Bertz CT molecular complexity index is 1410. The molecule has 3 aromatic carbocycles. The van der Waals surface area contributed by atoms with Gasteiger partial charge in [0.2, 0.25) is 6.29 Å². The smallest absolute Gasteiger partial charge is 0.412 e. The lowest BCUT2D eigenvalue weighted by molar-refractivity contribution is -0.129. The summed E-state index contributed by atoms with van der Waals surface area (Å²) < 4.78 is 17.3. The van der Waals surface area contributed by atoms with Crippen molar-refractivity contribution in [3.8, 4) is 5.75 Å². The molecule has 2 atom stereocenters. The van der Waals surface area contributed by atoms with E-state index in [-0.39, 0.29) is 12.1 Å². The first-order valence-corrected chi connectivity index (χ1v) is 14.7. The molecule has 0 aliphatic carbocycles. The van der Waals surface area contributed by atoms with Crippen LogP contribution >= 0.6 is 0 Å². The number of benzene rings is 3. The van der Waals surface area contributed by atoms with E-state index >= 15 is 0 Å². The zero-order valence-electron chi connectivity index (χ0n) is 25.0. The van der Waals surface area contributed by atoms with Crippen LogP contribution in [0.1, 0.15) is 46.6 Å². The van der Waals surface area contributed by atoms with Crippen LogP contribution in [0.2, 0.25) is 0 Å². The molecule has 1 saturated heterocycles. The average molecular weight is 586 g/mol. The molecule has 5 rings (SSSR count). The largest absolute Gasteiger partial charge is 0.488 e. The molecule has 9 nitrogen and oxygen atoms in total. The third-order valence-electron chi connectivity index (χ3n) is 8.29. The van der Waals surface area contributed by atoms with Crippen LogP contribution in [-0.4, -0.2) is 67.3 Å². The highest BCUT2D eigenvalue weighted by molar-refractivity contribution is 5.91. The molecule has 0 saturated carbocycles. The molecule has 1 N–H and O–H groups in total. The van der Waals surface area contributed by atoms with Gasteiger partial charge in [0.15, 0.2) is 0 Å². The second-order valence-electron chi connectivity index (χ2n) is 11.2. The number of methoxy groups -OCH3 is 1. The molecule has 9 heteroatoms. The third kappa shape index (κ3) is 7.00. The number of anilines is 1. The quantitative estimate of drug-likeness (QED) is 0.251. The number of nitrogens with zero attached hydrogens (tertiary/aromatic N) is 2. The summed E-state index contributed by atoms with van der Waals surface area (Å²) in [6.45, 7) is 5.80. The molecular weight excluding hydrogens is 546 g/mol. The lowest BCUT2D eigenvalue weighted by atomic mass is 9.95. The summed E-state index contributed by atoms with van der Waals surface area (Å²) in [6, 6.07) is 21.4. The number of hydrogen-bond acceptors (Lipinski definition) is 6.